The molecule has 0 aliphatic heterocycles. The van der Waals surface area contributed by atoms with Gasteiger partial charge in [0.05, 0.1) is 6.04 Å². The predicted molar refractivity (Wildman–Crippen MR) is 69.8 cm³/mol. The highest BCUT2D eigenvalue weighted by atomic mass is 15.1. The molecule has 1 atom stereocenters. The van der Waals surface area contributed by atoms with E-state index < -0.39 is 0 Å². The van der Waals surface area contributed by atoms with Gasteiger partial charge in [-0.3, -0.25) is 0 Å². The Balaban J connectivity index is 2.43. The molecule has 2 aromatic rings. The van der Waals surface area contributed by atoms with Gasteiger partial charge in [-0.15, -0.1) is 0 Å². The quantitative estimate of drug-likeness (QED) is 0.879. The van der Waals surface area contributed by atoms with Gasteiger partial charge in [-0.1, -0.05) is 23.8 Å². The van der Waals surface area contributed by atoms with E-state index in [1.165, 1.54) is 11.1 Å². The minimum atomic E-state index is -0.148. The molecule has 0 amide bonds. The third kappa shape index (κ3) is 2.24. The monoisotopic (exact) mass is 229 g/mol. The molecule has 1 aromatic heterocycles. The van der Waals surface area contributed by atoms with Crippen LogP contribution in [-0.4, -0.2) is 9.55 Å². The van der Waals surface area contributed by atoms with Gasteiger partial charge >= 0.3 is 0 Å². The van der Waals surface area contributed by atoms with E-state index in [4.69, 9.17) is 5.73 Å². The molecule has 2 N–H and O–H groups in total. The molecule has 1 unspecified atom stereocenters. The van der Waals surface area contributed by atoms with E-state index in [0.29, 0.717) is 0 Å². The maximum absolute atomic E-state index is 6.32. The zero-order chi connectivity index (χ0) is 12.4. The lowest BCUT2D eigenvalue weighted by atomic mass is 9.99. The summed E-state index contributed by atoms with van der Waals surface area (Å²) in [6.07, 6.45) is 3.78. The molecule has 3 heteroatoms. The number of nitrogens with two attached hydrogens (primary N) is 1. The van der Waals surface area contributed by atoms with E-state index in [1.807, 2.05) is 12.4 Å². The van der Waals surface area contributed by atoms with Crippen LogP contribution in [0.4, 0.5) is 0 Å². The third-order valence-corrected chi connectivity index (χ3v) is 3.14. The topological polar surface area (TPSA) is 43.8 Å². The number of aryl methyl sites for hydroxylation is 3. The van der Waals surface area contributed by atoms with E-state index in [2.05, 4.69) is 48.5 Å². The molecule has 1 aromatic carbocycles. The lowest BCUT2D eigenvalue weighted by Crippen LogP contribution is -2.18. The van der Waals surface area contributed by atoms with Crippen LogP contribution < -0.4 is 5.73 Å². The van der Waals surface area contributed by atoms with Crippen molar-refractivity contribution in [2.24, 2.45) is 5.73 Å². The SMILES string of the molecule is CCn1ccnc1C(N)c1cc(C)ccc1C. The van der Waals surface area contributed by atoms with Crippen molar-refractivity contribution in [1.29, 1.82) is 0 Å². The normalized spacial score (nSPS) is 12.7. The fourth-order valence-electron chi connectivity index (χ4n) is 2.10. The maximum atomic E-state index is 6.32. The molecular formula is C14H19N3. The standard InChI is InChI=1S/C14H19N3/c1-4-17-8-7-16-14(17)13(15)12-9-10(2)5-6-11(12)3/h5-9,13H,4,15H2,1-3H3. The Labute approximate surface area is 102 Å². The van der Waals surface area contributed by atoms with E-state index in [1.54, 1.807) is 0 Å². The fraction of sp³-hybridized carbons (Fsp3) is 0.357. The first-order chi connectivity index (χ1) is 8.13. The van der Waals surface area contributed by atoms with Crippen LogP contribution in [0.25, 0.3) is 0 Å². The molecule has 0 fully saturated rings. The molecule has 0 bridgehead atoms. The van der Waals surface area contributed by atoms with Gasteiger partial charge in [0.2, 0.25) is 0 Å². The first kappa shape index (κ1) is 11.9. The van der Waals surface area contributed by atoms with Crippen molar-refractivity contribution in [2.45, 2.75) is 33.4 Å². The molecule has 0 aliphatic carbocycles. The maximum Gasteiger partial charge on any atom is 0.130 e. The third-order valence-electron chi connectivity index (χ3n) is 3.14. The summed E-state index contributed by atoms with van der Waals surface area (Å²) in [6.45, 7) is 7.17. The van der Waals surface area contributed by atoms with E-state index in [9.17, 15) is 0 Å². The highest BCUT2D eigenvalue weighted by Crippen LogP contribution is 2.22. The van der Waals surface area contributed by atoms with Gasteiger partial charge in [-0.25, -0.2) is 4.98 Å². The molecule has 0 saturated carbocycles. The van der Waals surface area contributed by atoms with Crippen LogP contribution in [0.1, 0.15) is 35.5 Å². The smallest absolute Gasteiger partial charge is 0.130 e. The van der Waals surface area contributed by atoms with Gasteiger partial charge in [0.1, 0.15) is 5.82 Å². The zero-order valence-corrected chi connectivity index (χ0v) is 10.6. The summed E-state index contributed by atoms with van der Waals surface area (Å²) in [5.74, 6) is 0.932. The number of imidazole rings is 1. The molecule has 3 nitrogen and oxygen atoms in total. The molecule has 17 heavy (non-hydrogen) atoms. The Hall–Kier alpha value is -1.61. The van der Waals surface area contributed by atoms with Gasteiger partial charge in [0, 0.05) is 18.9 Å². The largest absolute Gasteiger partial charge is 0.334 e. The number of nitrogens with zero attached hydrogens (tertiary/aromatic N) is 2. The lowest BCUT2D eigenvalue weighted by molar-refractivity contribution is 0.654. The Morgan fingerprint density at radius 3 is 2.82 bits per heavy atom. The van der Waals surface area contributed by atoms with Crippen LogP contribution in [0.15, 0.2) is 30.6 Å². The van der Waals surface area contributed by atoms with Crippen LogP contribution in [-0.2, 0) is 6.54 Å². The number of benzene rings is 1. The molecule has 90 valence electrons. The van der Waals surface area contributed by atoms with E-state index in [-0.39, 0.29) is 6.04 Å². The van der Waals surface area contributed by atoms with Gasteiger partial charge in [0.25, 0.3) is 0 Å². The zero-order valence-electron chi connectivity index (χ0n) is 10.6. The van der Waals surface area contributed by atoms with Crippen LogP contribution in [0, 0.1) is 13.8 Å². The van der Waals surface area contributed by atoms with Crippen molar-refractivity contribution < 1.29 is 0 Å². The van der Waals surface area contributed by atoms with E-state index in [0.717, 1.165) is 17.9 Å². The fourth-order valence-corrected chi connectivity index (χ4v) is 2.10. The second kappa shape index (κ2) is 4.72. The average molecular weight is 229 g/mol. The number of hydrogen-bond donors (Lipinski definition) is 1. The van der Waals surface area contributed by atoms with Gasteiger partial charge in [-0.2, -0.15) is 0 Å². The molecule has 0 aliphatic rings. The lowest BCUT2D eigenvalue weighted by Gasteiger charge is -2.16. The van der Waals surface area contributed by atoms with Crippen LogP contribution in [0.2, 0.25) is 0 Å². The average Bonchev–Trinajstić information content (AvgIpc) is 2.79. The summed E-state index contributed by atoms with van der Waals surface area (Å²) >= 11 is 0. The highest BCUT2D eigenvalue weighted by Gasteiger charge is 2.16. The van der Waals surface area contributed by atoms with E-state index >= 15 is 0 Å². The second-order valence-corrected chi connectivity index (χ2v) is 4.41. The number of hydrogen-bond acceptors (Lipinski definition) is 2. The summed E-state index contributed by atoms with van der Waals surface area (Å²) in [6, 6.07) is 6.22. The number of rotatable bonds is 3. The molecular weight excluding hydrogens is 210 g/mol. The Kier molecular flexibility index (Phi) is 3.29. The van der Waals surface area contributed by atoms with Crippen molar-refractivity contribution in [3.05, 3.63) is 53.1 Å². The van der Waals surface area contributed by atoms with Gasteiger partial charge < -0.3 is 10.3 Å². The van der Waals surface area contributed by atoms with Crippen molar-refractivity contribution in [3.8, 4) is 0 Å². The number of aromatic nitrogens is 2. The Morgan fingerprint density at radius 2 is 2.12 bits per heavy atom. The first-order valence-corrected chi connectivity index (χ1v) is 5.97. The molecule has 0 saturated heterocycles. The van der Waals surface area contributed by atoms with Crippen molar-refractivity contribution >= 4 is 0 Å². The second-order valence-electron chi connectivity index (χ2n) is 4.41. The summed E-state index contributed by atoms with van der Waals surface area (Å²) < 4.78 is 2.09. The van der Waals surface area contributed by atoms with Crippen molar-refractivity contribution in [3.63, 3.8) is 0 Å². The van der Waals surface area contributed by atoms with Crippen molar-refractivity contribution in [2.75, 3.05) is 0 Å². The van der Waals surface area contributed by atoms with Crippen molar-refractivity contribution in [1.82, 2.24) is 9.55 Å². The molecule has 0 spiro atoms. The summed E-state index contributed by atoms with van der Waals surface area (Å²) in [5, 5.41) is 0. The first-order valence-electron chi connectivity index (χ1n) is 5.97. The molecule has 1 heterocycles. The molecule has 2 rings (SSSR count). The summed E-state index contributed by atoms with van der Waals surface area (Å²) in [5.41, 5.74) is 9.93. The highest BCUT2D eigenvalue weighted by molar-refractivity contribution is 5.35. The van der Waals surface area contributed by atoms with Crippen LogP contribution in [0.3, 0.4) is 0 Å². The van der Waals surface area contributed by atoms with Crippen LogP contribution >= 0.6 is 0 Å². The summed E-state index contributed by atoms with van der Waals surface area (Å²) in [4.78, 5) is 4.37. The minimum absolute atomic E-state index is 0.148. The van der Waals surface area contributed by atoms with Gasteiger partial charge in [-0.05, 0) is 31.9 Å². The minimum Gasteiger partial charge on any atom is -0.334 e. The van der Waals surface area contributed by atoms with Gasteiger partial charge in [0.15, 0.2) is 0 Å². The summed E-state index contributed by atoms with van der Waals surface area (Å²) in [7, 11) is 0. The molecule has 0 radical (unpaired) electrons. The Morgan fingerprint density at radius 1 is 1.35 bits per heavy atom. The Bertz CT molecular complexity index is 514. The van der Waals surface area contributed by atoms with Crippen LogP contribution in [0.5, 0.6) is 0 Å². The predicted octanol–water partition coefficient (Wildman–Crippen LogP) is 2.57.